The minimum absolute atomic E-state index is 0.713. The van der Waals surface area contributed by atoms with Crippen molar-refractivity contribution >= 4 is 54.3 Å². The van der Waals surface area contributed by atoms with Gasteiger partial charge in [-0.05, 0) is 56.1 Å². The van der Waals surface area contributed by atoms with Crippen LogP contribution >= 0.6 is 0 Å². The number of nitrogens with zero attached hydrogens (tertiary/aromatic N) is 2. The molecule has 0 radical (unpaired) electrons. The number of rotatable bonds is 4. The first-order valence-electron chi connectivity index (χ1n) is 16.6. The van der Waals surface area contributed by atoms with Crippen LogP contribution < -0.4 is 0 Å². The summed E-state index contributed by atoms with van der Waals surface area (Å²) in [5.41, 5.74) is 8.86. The Balaban J connectivity index is 1.18. The molecule has 0 unspecified atom stereocenters. The molecular formula is C46H28N2O. The maximum Gasteiger partial charge on any atom is 0.161 e. The number of hydrogen-bond acceptors (Lipinski definition) is 3. The van der Waals surface area contributed by atoms with Crippen molar-refractivity contribution in [2.75, 3.05) is 0 Å². The van der Waals surface area contributed by atoms with Crippen molar-refractivity contribution in [2.45, 2.75) is 0 Å². The van der Waals surface area contributed by atoms with Gasteiger partial charge in [0.2, 0.25) is 0 Å². The Bertz CT molecular complexity index is 2870. The molecule has 3 heteroatoms. The summed E-state index contributed by atoms with van der Waals surface area (Å²) in [6.45, 7) is 0. The SMILES string of the molecule is c1ccc(-c2cc(-c3ccc(-c4cccc5c4oc4ccccc45)cc3)nc(-c3c4ccccc4cc4c3ccc3ccccc34)n2)cc1. The zero-order chi connectivity index (χ0) is 32.3. The van der Waals surface area contributed by atoms with E-state index in [9.17, 15) is 0 Å². The van der Waals surface area contributed by atoms with Gasteiger partial charge in [0.25, 0.3) is 0 Å². The molecule has 0 atom stereocenters. The smallest absolute Gasteiger partial charge is 0.161 e. The van der Waals surface area contributed by atoms with Crippen LogP contribution in [0.1, 0.15) is 0 Å². The highest BCUT2D eigenvalue weighted by atomic mass is 16.3. The average molecular weight is 625 g/mol. The lowest BCUT2D eigenvalue weighted by Crippen LogP contribution is -1.98. The molecule has 10 aromatic rings. The van der Waals surface area contributed by atoms with E-state index in [4.69, 9.17) is 14.4 Å². The van der Waals surface area contributed by atoms with E-state index in [0.717, 1.165) is 71.9 Å². The van der Waals surface area contributed by atoms with E-state index in [2.05, 4.69) is 152 Å². The maximum atomic E-state index is 6.36. The number of hydrogen-bond donors (Lipinski definition) is 0. The summed E-state index contributed by atoms with van der Waals surface area (Å²) in [5.74, 6) is 0.713. The van der Waals surface area contributed by atoms with E-state index >= 15 is 0 Å². The summed E-state index contributed by atoms with van der Waals surface area (Å²) in [5, 5.41) is 9.34. The first-order chi connectivity index (χ1) is 24.3. The second-order valence-electron chi connectivity index (χ2n) is 12.5. The molecule has 0 amide bonds. The van der Waals surface area contributed by atoms with Crippen LogP contribution in [0.3, 0.4) is 0 Å². The zero-order valence-corrected chi connectivity index (χ0v) is 26.5. The predicted octanol–water partition coefficient (Wildman–Crippen LogP) is 12.5. The summed E-state index contributed by atoms with van der Waals surface area (Å²) in [6.07, 6.45) is 0. The fraction of sp³-hybridized carbons (Fsp3) is 0. The van der Waals surface area contributed by atoms with Crippen LogP contribution in [0.15, 0.2) is 174 Å². The predicted molar refractivity (Wildman–Crippen MR) is 204 cm³/mol. The molecule has 0 N–H and O–H groups in total. The molecule has 8 aromatic carbocycles. The van der Waals surface area contributed by atoms with Crippen LogP contribution in [0.25, 0.3) is 99.3 Å². The fourth-order valence-corrected chi connectivity index (χ4v) is 7.32. The van der Waals surface area contributed by atoms with Gasteiger partial charge in [-0.1, -0.05) is 152 Å². The van der Waals surface area contributed by atoms with Gasteiger partial charge < -0.3 is 4.42 Å². The van der Waals surface area contributed by atoms with Crippen LogP contribution in [0.2, 0.25) is 0 Å². The third kappa shape index (κ3) is 4.51. The molecule has 2 heterocycles. The first-order valence-corrected chi connectivity index (χ1v) is 16.6. The van der Waals surface area contributed by atoms with E-state index < -0.39 is 0 Å². The Morgan fingerprint density at radius 1 is 0.367 bits per heavy atom. The molecule has 0 aliphatic heterocycles. The molecule has 0 bridgehead atoms. The number of furan rings is 1. The Morgan fingerprint density at radius 3 is 1.82 bits per heavy atom. The third-order valence-corrected chi connectivity index (χ3v) is 9.69. The minimum Gasteiger partial charge on any atom is -0.455 e. The van der Waals surface area contributed by atoms with Crippen molar-refractivity contribution in [3.63, 3.8) is 0 Å². The second kappa shape index (κ2) is 11.0. The Morgan fingerprint density at radius 2 is 1.00 bits per heavy atom. The number of benzene rings is 8. The number of fused-ring (bicyclic) bond motifs is 7. The van der Waals surface area contributed by atoms with E-state index in [1.165, 1.54) is 21.5 Å². The standard InChI is InChI=1S/C46H28N2O/c1-2-12-31(13-3-1)41-28-42(32-23-21-30(22-24-32)36-18-10-19-39-37-17-8-9-20-43(37)49-45(36)39)48-46(47-41)44-35-16-7-5-14-33(35)27-40-34-15-6-4-11-29(34)25-26-38(40)44/h1-28H. The topological polar surface area (TPSA) is 38.9 Å². The Hall–Kier alpha value is -6.58. The third-order valence-electron chi connectivity index (χ3n) is 9.69. The van der Waals surface area contributed by atoms with Gasteiger partial charge in [0.15, 0.2) is 5.82 Å². The Kier molecular flexibility index (Phi) is 6.18. The molecule has 0 aliphatic rings. The summed E-state index contributed by atoms with van der Waals surface area (Å²) in [7, 11) is 0. The first kappa shape index (κ1) is 27.5. The Labute approximate surface area is 282 Å². The normalized spacial score (nSPS) is 11.7. The number of para-hydroxylation sites is 2. The molecule has 3 nitrogen and oxygen atoms in total. The van der Waals surface area contributed by atoms with Gasteiger partial charge in [-0.3, -0.25) is 0 Å². The molecule has 49 heavy (non-hydrogen) atoms. The van der Waals surface area contributed by atoms with Crippen molar-refractivity contribution in [3.05, 3.63) is 170 Å². The highest BCUT2D eigenvalue weighted by molar-refractivity contribution is 6.19. The molecule has 0 fully saturated rings. The largest absolute Gasteiger partial charge is 0.455 e. The summed E-state index contributed by atoms with van der Waals surface area (Å²) < 4.78 is 6.36. The molecule has 0 saturated carbocycles. The van der Waals surface area contributed by atoms with E-state index in [-0.39, 0.29) is 0 Å². The van der Waals surface area contributed by atoms with E-state index in [1.807, 2.05) is 18.2 Å². The van der Waals surface area contributed by atoms with Gasteiger partial charge >= 0.3 is 0 Å². The van der Waals surface area contributed by atoms with Crippen molar-refractivity contribution < 1.29 is 4.42 Å². The van der Waals surface area contributed by atoms with Crippen LogP contribution in [-0.2, 0) is 0 Å². The lowest BCUT2D eigenvalue weighted by atomic mass is 9.92. The van der Waals surface area contributed by atoms with Gasteiger partial charge in [-0.15, -0.1) is 0 Å². The van der Waals surface area contributed by atoms with Crippen LogP contribution in [-0.4, -0.2) is 9.97 Å². The zero-order valence-electron chi connectivity index (χ0n) is 26.5. The van der Waals surface area contributed by atoms with Crippen LogP contribution in [0, 0.1) is 0 Å². The van der Waals surface area contributed by atoms with E-state index in [1.54, 1.807) is 0 Å². The molecule has 0 saturated heterocycles. The molecule has 0 spiro atoms. The lowest BCUT2D eigenvalue weighted by molar-refractivity contribution is 0.670. The molecular weight excluding hydrogens is 597 g/mol. The van der Waals surface area contributed by atoms with Crippen molar-refractivity contribution in [1.82, 2.24) is 9.97 Å². The average Bonchev–Trinajstić information content (AvgIpc) is 3.56. The quantitative estimate of drug-likeness (QED) is 0.144. The second-order valence-corrected chi connectivity index (χ2v) is 12.5. The van der Waals surface area contributed by atoms with Gasteiger partial charge in [0, 0.05) is 33.0 Å². The molecule has 228 valence electrons. The minimum atomic E-state index is 0.713. The molecule has 2 aromatic heterocycles. The van der Waals surface area contributed by atoms with Crippen LogP contribution in [0.4, 0.5) is 0 Å². The molecule has 10 rings (SSSR count). The van der Waals surface area contributed by atoms with Gasteiger partial charge in [0.05, 0.1) is 11.4 Å². The number of aromatic nitrogens is 2. The van der Waals surface area contributed by atoms with Crippen LogP contribution in [0.5, 0.6) is 0 Å². The van der Waals surface area contributed by atoms with E-state index in [0.29, 0.717) is 5.82 Å². The van der Waals surface area contributed by atoms with Gasteiger partial charge in [-0.2, -0.15) is 0 Å². The monoisotopic (exact) mass is 624 g/mol. The summed E-state index contributed by atoms with van der Waals surface area (Å²) in [6, 6.07) is 59.6. The fourth-order valence-electron chi connectivity index (χ4n) is 7.32. The van der Waals surface area contributed by atoms with Gasteiger partial charge in [-0.25, -0.2) is 9.97 Å². The van der Waals surface area contributed by atoms with Crippen molar-refractivity contribution in [1.29, 1.82) is 0 Å². The molecule has 0 aliphatic carbocycles. The summed E-state index contributed by atoms with van der Waals surface area (Å²) >= 11 is 0. The van der Waals surface area contributed by atoms with Crippen molar-refractivity contribution in [2.24, 2.45) is 0 Å². The highest BCUT2D eigenvalue weighted by Gasteiger charge is 2.18. The van der Waals surface area contributed by atoms with Gasteiger partial charge in [0.1, 0.15) is 11.2 Å². The van der Waals surface area contributed by atoms with Crippen molar-refractivity contribution in [3.8, 4) is 45.0 Å². The maximum absolute atomic E-state index is 6.36. The summed E-state index contributed by atoms with van der Waals surface area (Å²) in [4.78, 5) is 10.6. The lowest BCUT2D eigenvalue weighted by Gasteiger charge is -2.15. The highest BCUT2D eigenvalue weighted by Crippen LogP contribution is 2.40.